The van der Waals surface area contributed by atoms with E-state index in [1.807, 2.05) is 62.2 Å². The number of amides is 3. The van der Waals surface area contributed by atoms with E-state index in [1.165, 1.54) is 10.5 Å². The van der Waals surface area contributed by atoms with Crippen molar-refractivity contribution in [3.63, 3.8) is 0 Å². The minimum Gasteiger partial charge on any atom is -0.383 e. The Morgan fingerprint density at radius 1 is 0.872 bits per heavy atom. The maximum atomic E-state index is 13.8. The van der Waals surface area contributed by atoms with Gasteiger partial charge < -0.3 is 24.8 Å². The summed E-state index contributed by atoms with van der Waals surface area (Å²) < 4.78 is 5.26. The number of nitrogens with one attached hydrogen (secondary N) is 2. The highest BCUT2D eigenvalue weighted by atomic mass is 16.5. The first-order valence-corrected chi connectivity index (χ1v) is 13.3. The van der Waals surface area contributed by atoms with E-state index < -0.39 is 0 Å². The van der Waals surface area contributed by atoms with E-state index in [9.17, 15) is 9.59 Å². The van der Waals surface area contributed by atoms with Crippen molar-refractivity contribution in [2.45, 2.75) is 33.7 Å². The number of para-hydroxylation sites is 2. The second-order valence-corrected chi connectivity index (χ2v) is 10.0. The van der Waals surface area contributed by atoms with Gasteiger partial charge in [-0.2, -0.15) is 0 Å². The zero-order chi connectivity index (χ0) is 27.8. The molecule has 4 aromatic rings. The van der Waals surface area contributed by atoms with Crippen LogP contribution >= 0.6 is 0 Å². The molecule has 2 N–H and O–H groups in total. The fourth-order valence-corrected chi connectivity index (χ4v) is 4.71. The lowest BCUT2D eigenvalue weighted by Crippen LogP contribution is -2.46. The van der Waals surface area contributed by atoms with Crippen molar-refractivity contribution in [2.75, 3.05) is 38.7 Å². The van der Waals surface area contributed by atoms with Crippen LogP contribution < -0.4 is 5.32 Å². The minimum absolute atomic E-state index is 0.0418. The van der Waals surface area contributed by atoms with Gasteiger partial charge in [-0.25, -0.2) is 4.79 Å². The molecule has 39 heavy (non-hydrogen) atoms. The Hall–Kier alpha value is -4.10. The van der Waals surface area contributed by atoms with Gasteiger partial charge in [-0.3, -0.25) is 4.79 Å². The van der Waals surface area contributed by atoms with E-state index in [-0.39, 0.29) is 18.5 Å². The number of methoxy groups -OCH3 is 1. The highest BCUT2D eigenvalue weighted by Crippen LogP contribution is 2.21. The second kappa shape index (κ2) is 13.1. The van der Waals surface area contributed by atoms with Gasteiger partial charge in [0.05, 0.1) is 6.61 Å². The molecule has 0 bridgehead atoms. The van der Waals surface area contributed by atoms with Crippen LogP contribution in [-0.2, 0) is 22.5 Å². The molecule has 1 aromatic heterocycles. The van der Waals surface area contributed by atoms with Gasteiger partial charge in [-0.05, 0) is 55.5 Å². The summed E-state index contributed by atoms with van der Waals surface area (Å²) in [4.78, 5) is 33.8. The van der Waals surface area contributed by atoms with Crippen molar-refractivity contribution in [1.82, 2.24) is 14.8 Å². The zero-order valence-electron chi connectivity index (χ0n) is 23.3. The number of aromatic amines is 1. The summed E-state index contributed by atoms with van der Waals surface area (Å²) in [5.74, 6) is -0.108. The zero-order valence-corrected chi connectivity index (χ0v) is 23.3. The molecule has 0 aliphatic rings. The molecular formula is C32H38N4O3. The van der Waals surface area contributed by atoms with Crippen LogP contribution in [0.1, 0.15) is 27.8 Å². The van der Waals surface area contributed by atoms with E-state index in [0.29, 0.717) is 32.7 Å². The van der Waals surface area contributed by atoms with Crippen molar-refractivity contribution >= 4 is 28.5 Å². The summed E-state index contributed by atoms with van der Waals surface area (Å²) in [5, 5.41) is 4.18. The summed E-state index contributed by atoms with van der Waals surface area (Å²) in [6.07, 6.45) is 2.72. The first-order chi connectivity index (χ1) is 18.9. The molecule has 0 unspecified atom stereocenters. The average Bonchev–Trinajstić information content (AvgIpc) is 3.35. The van der Waals surface area contributed by atoms with Crippen LogP contribution in [0.3, 0.4) is 0 Å². The number of carbonyl (C=O) groups is 2. The highest BCUT2D eigenvalue weighted by Gasteiger charge is 2.23. The molecule has 7 nitrogen and oxygen atoms in total. The first kappa shape index (κ1) is 27.9. The van der Waals surface area contributed by atoms with Crippen LogP contribution in [0.4, 0.5) is 10.5 Å². The molecular weight excluding hydrogens is 488 g/mol. The smallest absolute Gasteiger partial charge is 0.322 e. The Morgan fingerprint density at radius 3 is 2.31 bits per heavy atom. The number of nitrogens with zero attached hydrogens (tertiary/aromatic N) is 2. The van der Waals surface area contributed by atoms with Crippen molar-refractivity contribution in [1.29, 1.82) is 0 Å². The van der Waals surface area contributed by atoms with Gasteiger partial charge in [-0.15, -0.1) is 0 Å². The number of hydrogen-bond acceptors (Lipinski definition) is 3. The van der Waals surface area contributed by atoms with Crippen LogP contribution in [-0.4, -0.2) is 60.1 Å². The number of urea groups is 1. The Labute approximate surface area is 230 Å². The van der Waals surface area contributed by atoms with E-state index >= 15 is 0 Å². The standard InChI is InChI=1S/C32H38N4O3/c1-23-12-14-26(15-13-23)21-35(17-16-27-20-33-29-11-6-5-10-28(27)29)30(37)22-36(18-19-39-4)32(38)34-31-24(2)8-7-9-25(31)3/h5-15,20,33H,16-19,21-22H2,1-4H3,(H,34,38). The number of fused-ring (bicyclic) bond motifs is 1. The van der Waals surface area contributed by atoms with Gasteiger partial charge in [-0.1, -0.05) is 66.2 Å². The Balaban J connectivity index is 1.52. The number of ether oxygens (including phenoxy) is 1. The third-order valence-corrected chi connectivity index (χ3v) is 7.06. The monoisotopic (exact) mass is 526 g/mol. The van der Waals surface area contributed by atoms with E-state index in [4.69, 9.17) is 4.74 Å². The van der Waals surface area contributed by atoms with Crippen LogP contribution in [0, 0.1) is 20.8 Å². The van der Waals surface area contributed by atoms with Crippen molar-refractivity contribution in [3.8, 4) is 0 Å². The summed E-state index contributed by atoms with van der Waals surface area (Å²) in [6, 6.07) is 22.0. The molecule has 0 saturated heterocycles. The second-order valence-electron chi connectivity index (χ2n) is 10.0. The molecule has 0 atom stereocenters. The number of aromatic nitrogens is 1. The molecule has 3 amide bonds. The molecule has 7 heteroatoms. The molecule has 204 valence electrons. The van der Waals surface area contributed by atoms with Crippen LogP contribution in [0.5, 0.6) is 0 Å². The number of benzene rings is 3. The van der Waals surface area contributed by atoms with Crippen molar-refractivity contribution in [3.05, 3.63) is 101 Å². The molecule has 3 aromatic carbocycles. The SMILES string of the molecule is COCCN(CC(=O)N(CCc1c[nH]c2ccccc12)Cc1ccc(C)cc1)C(=O)Nc1c(C)cccc1C. The average molecular weight is 527 g/mol. The molecule has 0 aliphatic carbocycles. The highest BCUT2D eigenvalue weighted by molar-refractivity contribution is 5.93. The summed E-state index contributed by atoms with van der Waals surface area (Å²) in [6.45, 7) is 7.57. The summed E-state index contributed by atoms with van der Waals surface area (Å²) >= 11 is 0. The van der Waals surface area contributed by atoms with E-state index in [0.717, 1.165) is 38.8 Å². The Bertz CT molecular complexity index is 1390. The molecule has 0 fully saturated rings. The first-order valence-electron chi connectivity index (χ1n) is 13.3. The van der Waals surface area contributed by atoms with Crippen LogP contribution in [0.2, 0.25) is 0 Å². The molecule has 0 saturated carbocycles. The number of rotatable bonds is 11. The number of H-pyrrole nitrogens is 1. The lowest BCUT2D eigenvalue weighted by molar-refractivity contribution is -0.132. The lowest BCUT2D eigenvalue weighted by Gasteiger charge is -2.28. The molecule has 0 radical (unpaired) electrons. The van der Waals surface area contributed by atoms with Gasteiger partial charge in [0.2, 0.25) is 5.91 Å². The quantitative estimate of drug-likeness (QED) is 0.258. The lowest BCUT2D eigenvalue weighted by atomic mass is 10.1. The van der Waals surface area contributed by atoms with Crippen molar-refractivity contribution in [2.24, 2.45) is 0 Å². The fraction of sp³-hybridized carbons (Fsp3) is 0.312. The number of anilines is 1. The van der Waals surface area contributed by atoms with Gasteiger partial charge in [0, 0.05) is 49.5 Å². The van der Waals surface area contributed by atoms with Crippen LogP contribution in [0.25, 0.3) is 10.9 Å². The maximum Gasteiger partial charge on any atom is 0.322 e. The summed E-state index contributed by atoms with van der Waals surface area (Å²) in [5.41, 5.74) is 7.19. The molecule has 1 heterocycles. The fourth-order valence-electron chi connectivity index (χ4n) is 4.71. The predicted molar refractivity (Wildman–Crippen MR) is 157 cm³/mol. The third-order valence-electron chi connectivity index (χ3n) is 7.06. The number of aryl methyl sites for hydroxylation is 3. The van der Waals surface area contributed by atoms with E-state index in [2.05, 4.69) is 46.7 Å². The largest absolute Gasteiger partial charge is 0.383 e. The van der Waals surface area contributed by atoms with Gasteiger partial charge in [0.25, 0.3) is 0 Å². The molecule has 4 rings (SSSR count). The van der Waals surface area contributed by atoms with Crippen molar-refractivity contribution < 1.29 is 14.3 Å². The topological polar surface area (TPSA) is 77.7 Å². The summed E-state index contributed by atoms with van der Waals surface area (Å²) in [7, 11) is 1.59. The third kappa shape index (κ3) is 7.27. The molecule has 0 spiro atoms. The van der Waals surface area contributed by atoms with Crippen LogP contribution in [0.15, 0.2) is 72.9 Å². The maximum absolute atomic E-state index is 13.8. The van der Waals surface area contributed by atoms with Gasteiger partial charge in [0.1, 0.15) is 6.54 Å². The Morgan fingerprint density at radius 2 is 1.59 bits per heavy atom. The number of carbonyl (C=O) groups excluding carboxylic acids is 2. The van der Waals surface area contributed by atoms with Gasteiger partial charge >= 0.3 is 6.03 Å². The molecule has 0 aliphatic heterocycles. The Kier molecular flexibility index (Phi) is 9.39. The predicted octanol–water partition coefficient (Wildman–Crippen LogP) is 5.84. The van der Waals surface area contributed by atoms with Gasteiger partial charge in [0.15, 0.2) is 0 Å². The normalized spacial score (nSPS) is 11.0. The minimum atomic E-state index is -0.315. The van der Waals surface area contributed by atoms with E-state index in [1.54, 1.807) is 7.11 Å². The number of hydrogen-bond donors (Lipinski definition) is 2.